The number of aromatic amines is 1. The highest BCUT2D eigenvalue weighted by Crippen LogP contribution is 2.20. The molecule has 0 saturated heterocycles. The minimum atomic E-state index is -1.08. The van der Waals surface area contributed by atoms with E-state index in [1.165, 1.54) is 18.6 Å². The van der Waals surface area contributed by atoms with Crippen LogP contribution in [0, 0.1) is 0 Å². The molecular weight excluding hydrogens is 222 g/mol. The average Bonchev–Trinajstić information content (AvgIpc) is 2.67. The van der Waals surface area contributed by atoms with E-state index < -0.39 is 6.09 Å². The summed E-state index contributed by atoms with van der Waals surface area (Å²) in [4.78, 5) is 18.0. The van der Waals surface area contributed by atoms with Crippen molar-refractivity contribution in [3.05, 3.63) is 30.9 Å². The van der Waals surface area contributed by atoms with Crippen LogP contribution in [-0.2, 0) is 0 Å². The molecule has 0 aliphatic heterocycles. The molecule has 0 unspecified atom stereocenters. The van der Waals surface area contributed by atoms with Gasteiger partial charge in [-0.3, -0.25) is 9.55 Å². The summed E-state index contributed by atoms with van der Waals surface area (Å²) in [5.41, 5.74) is 1.58. The topological polar surface area (TPSA) is 96.7 Å². The Labute approximate surface area is 94.4 Å². The molecule has 0 aliphatic carbocycles. The number of nitrogens with one attached hydrogen (secondary N) is 1. The number of H-pyrrole nitrogens is 1. The standard InChI is InChI=1S/C10H7N5O2/c16-10(17)15-4-1-6-8-7(15)5-11-2-3-12-9(8)14-13-6/h1-5H,(H,16,17)(H,12,13,14). The molecule has 0 radical (unpaired) electrons. The van der Waals surface area contributed by atoms with E-state index in [4.69, 9.17) is 5.11 Å². The molecule has 0 saturated carbocycles. The fourth-order valence-corrected chi connectivity index (χ4v) is 1.71. The molecule has 7 nitrogen and oxygen atoms in total. The number of nitrogens with zero attached hydrogens (tertiary/aromatic N) is 4. The van der Waals surface area contributed by atoms with E-state index in [1.54, 1.807) is 12.3 Å². The molecule has 3 rings (SSSR count). The normalized spacial score (nSPS) is 10.8. The summed E-state index contributed by atoms with van der Waals surface area (Å²) in [6.45, 7) is 0. The average molecular weight is 229 g/mol. The lowest BCUT2D eigenvalue weighted by Crippen LogP contribution is -2.08. The Hall–Kier alpha value is -2.70. The van der Waals surface area contributed by atoms with Gasteiger partial charge in [-0.15, -0.1) is 10.2 Å². The number of aromatic nitrogens is 5. The van der Waals surface area contributed by atoms with Crippen molar-refractivity contribution in [3.8, 4) is 0 Å². The SMILES string of the molecule is O=C(O)n1ccc2nnc3[nH]ccncc1c23. The van der Waals surface area contributed by atoms with Crippen LogP contribution in [0.15, 0.2) is 30.9 Å². The van der Waals surface area contributed by atoms with Crippen molar-refractivity contribution in [2.45, 2.75) is 0 Å². The summed E-state index contributed by atoms with van der Waals surface area (Å²) in [6, 6.07) is 1.60. The molecule has 0 bridgehead atoms. The molecule has 3 aromatic heterocycles. The molecule has 7 heteroatoms. The molecule has 2 N–H and O–H groups in total. The van der Waals surface area contributed by atoms with Gasteiger partial charge in [0.05, 0.1) is 17.1 Å². The Kier molecular flexibility index (Phi) is 1.91. The number of carboxylic acid groups (broad SMARTS) is 1. The van der Waals surface area contributed by atoms with Crippen molar-refractivity contribution in [3.63, 3.8) is 0 Å². The first-order chi connectivity index (χ1) is 8.27. The van der Waals surface area contributed by atoms with Gasteiger partial charge in [-0.2, -0.15) is 0 Å². The van der Waals surface area contributed by atoms with Crippen molar-refractivity contribution in [1.82, 2.24) is 24.7 Å². The molecule has 0 amide bonds. The van der Waals surface area contributed by atoms with Crippen molar-refractivity contribution in [2.75, 3.05) is 0 Å². The van der Waals surface area contributed by atoms with Crippen molar-refractivity contribution >= 4 is 28.2 Å². The van der Waals surface area contributed by atoms with E-state index in [2.05, 4.69) is 20.2 Å². The summed E-state index contributed by atoms with van der Waals surface area (Å²) >= 11 is 0. The number of rotatable bonds is 0. The summed E-state index contributed by atoms with van der Waals surface area (Å²) in [5.74, 6) is 0. The molecule has 3 heterocycles. The molecule has 84 valence electrons. The van der Waals surface area contributed by atoms with Gasteiger partial charge >= 0.3 is 6.09 Å². The molecule has 3 aromatic rings. The van der Waals surface area contributed by atoms with Crippen LogP contribution in [0.1, 0.15) is 0 Å². The van der Waals surface area contributed by atoms with E-state index in [0.717, 1.165) is 4.57 Å². The third-order valence-corrected chi connectivity index (χ3v) is 2.43. The van der Waals surface area contributed by atoms with Gasteiger partial charge < -0.3 is 10.1 Å². The van der Waals surface area contributed by atoms with Gasteiger partial charge in [0.2, 0.25) is 0 Å². The van der Waals surface area contributed by atoms with Crippen LogP contribution in [0.25, 0.3) is 22.1 Å². The van der Waals surface area contributed by atoms with E-state index in [1.807, 2.05) is 0 Å². The molecule has 0 atom stereocenters. The second-order valence-electron chi connectivity index (χ2n) is 3.40. The van der Waals surface area contributed by atoms with Crippen LogP contribution < -0.4 is 0 Å². The molecule has 0 fully saturated rings. The molecular formula is C10H7N5O2. The van der Waals surface area contributed by atoms with Crippen molar-refractivity contribution < 1.29 is 9.90 Å². The minimum absolute atomic E-state index is 0.437. The third kappa shape index (κ3) is 1.36. The Morgan fingerprint density at radius 3 is 3.12 bits per heavy atom. The highest BCUT2D eigenvalue weighted by Gasteiger charge is 2.11. The second kappa shape index (κ2) is 3.41. The lowest BCUT2D eigenvalue weighted by atomic mass is 10.2. The quantitative estimate of drug-likeness (QED) is 0.607. The maximum absolute atomic E-state index is 11.1. The third-order valence-electron chi connectivity index (χ3n) is 2.43. The number of hydrogen-bond acceptors (Lipinski definition) is 4. The Balaban J connectivity index is 2.61. The first-order valence-corrected chi connectivity index (χ1v) is 4.83. The first-order valence-electron chi connectivity index (χ1n) is 4.83. The highest BCUT2D eigenvalue weighted by atomic mass is 16.4. The van der Waals surface area contributed by atoms with Gasteiger partial charge in [-0.1, -0.05) is 0 Å². The van der Waals surface area contributed by atoms with Gasteiger partial charge in [-0.05, 0) is 6.07 Å². The fourth-order valence-electron chi connectivity index (χ4n) is 1.71. The Morgan fingerprint density at radius 2 is 2.29 bits per heavy atom. The van der Waals surface area contributed by atoms with Crippen LogP contribution in [0.5, 0.6) is 0 Å². The fraction of sp³-hybridized carbons (Fsp3) is 0. The minimum Gasteiger partial charge on any atom is -0.464 e. The summed E-state index contributed by atoms with van der Waals surface area (Å²) in [7, 11) is 0. The Morgan fingerprint density at radius 1 is 1.41 bits per heavy atom. The van der Waals surface area contributed by atoms with Crippen molar-refractivity contribution in [2.24, 2.45) is 0 Å². The number of hydrogen-bond donors (Lipinski definition) is 2. The van der Waals surface area contributed by atoms with Crippen LogP contribution in [0.2, 0.25) is 0 Å². The number of pyridine rings is 1. The maximum atomic E-state index is 11.1. The van der Waals surface area contributed by atoms with E-state index >= 15 is 0 Å². The predicted octanol–water partition coefficient (Wildman–Crippen LogP) is 1.40. The summed E-state index contributed by atoms with van der Waals surface area (Å²) < 4.78 is 1.08. The lowest BCUT2D eigenvalue weighted by molar-refractivity contribution is 0.197. The maximum Gasteiger partial charge on any atom is 0.416 e. The van der Waals surface area contributed by atoms with Gasteiger partial charge in [0.15, 0.2) is 5.65 Å². The zero-order valence-corrected chi connectivity index (χ0v) is 8.53. The van der Waals surface area contributed by atoms with Crippen molar-refractivity contribution in [1.29, 1.82) is 0 Å². The lowest BCUT2D eigenvalue weighted by Gasteiger charge is -2.02. The first kappa shape index (κ1) is 9.52. The molecule has 0 spiro atoms. The predicted molar refractivity (Wildman–Crippen MR) is 59.4 cm³/mol. The Bertz CT molecular complexity index is 743. The zero-order chi connectivity index (χ0) is 11.8. The van der Waals surface area contributed by atoms with Gasteiger partial charge in [-0.25, -0.2) is 4.79 Å². The van der Waals surface area contributed by atoms with Crippen LogP contribution in [-0.4, -0.2) is 35.9 Å². The largest absolute Gasteiger partial charge is 0.464 e. The highest BCUT2D eigenvalue weighted by molar-refractivity contribution is 6.05. The van der Waals surface area contributed by atoms with E-state index in [-0.39, 0.29) is 0 Å². The van der Waals surface area contributed by atoms with E-state index in [0.29, 0.717) is 22.1 Å². The van der Waals surface area contributed by atoms with Crippen LogP contribution >= 0.6 is 0 Å². The molecule has 0 aliphatic rings. The van der Waals surface area contributed by atoms with Crippen LogP contribution in [0.4, 0.5) is 4.79 Å². The second-order valence-corrected chi connectivity index (χ2v) is 3.40. The smallest absolute Gasteiger partial charge is 0.416 e. The molecule has 0 aromatic carbocycles. The van der Waals surface area contributed by atoms with E-state index in [9.17, 15) is 4.79 Å². The summed E-state index contributed by atoms with van der Waals surface area (Å²) in [6.07, 6.45) is 4.95. The van der Waals surface area contributed by atoms with Gasteiger partial charge in [0, 0.05) is 18.6 Å². The van der Waals surface area contributed by atoms with Gasteiger partial charge in [0.1, 0.15) is 5.52 Å². The zero-order valence-electron chi connectivity index (χ0n) is 8.53. The number of carbonyl (C=O) groups is 1. The molecule has 17 heavy (non-hydrogen) atoms. The monoisotopic (exact) mass is 229 g/mol. The summed E-state index contributed by atoms with van der Waals surface area (Å²) in [5, 5.41) is 17.6. The van der Waals surface area contributed by atoms with Crippen LogP contribution in [0.3, 0.4) is 0 Å². The van der Waals surface area contributed by atoms with Gasteiger partial charge in [0.25, 0.3) is 0 Å².